The van der Waals surface area contributed by atoms with Crippen molar-refractivity contribution in [1.29, 1.82) is 0 Å². The Bertz CT molecular complexity index is 666. The van der Waals surface area contributed by atoms with E-state index in [0.29, 0.717) is 18.3 Å². The first-order valence-corrected chi connectivity index (χ1v) is 8.57. The SMILES string of the molecule is Cc1ccc(C(=O)NC2CCN(Cc3noc(CN)n3)CC2)s1.Cl. The van der Waals surface area contributed by atoms with Crippen LogP contribution in [0.3, 0.4) is 0 Å². The van der Waals surface area contributed by atoms with Gasteiger partial charge in [-0.15, -0.1) is 23.7 Å². The molecule has 0 bridgehead atoms. The molecule has 1 fully saturated rings. The van der Waals surface area contributed by atoms with Gasteiger partial charge < -0.3 is 15.6 Å². The molecule has 132 valence electrons. The number of nitrogens with two attached hydrogens (primary N) is 1. The average Bonchev–Trinajstić information content (AvgIpc) is 3.18. The summed E-state index contributed by atoms with van der Waals surface area (Å²) in [4.78, 5) is 20.6. The lowest BCUT2D eigenvalue weighted by atomic mass is 10.0. The number of aryl methyl sites for hydroxylation is 1. The second-order valence-corrected chi connectivity index (χ2v) is 7.03. The van der Waals surface area contributed by atoms with Gasteiger partial charge in [0.25, 0.3) is 5.91 Å². The van der Waals surface area contributed by atoms with E-state index in [1.807, 2.05) is 19.1 Å². The highest BCUT2D eigenvalue weighted by atomic mass is 35.5. The molecule has 1 aliphatic rings. The Balaban J connectivity index is 0.00000208. The van der Waals surface area contributed by atoms with E-state index in [4.69, 9.17) is 10.3 Å². The van der Waals surface area contributed by atoms with Crippen LogP contribution in [0.2, 0.25) is 0 Å². The average molecular weight is 372 g/mol. The minimum atomic E-state index is 0. The minimum Gasteiger partial charge on any atom is -0.349 e. The second kappa shape index (κ2) is 8.57. The van der Waals surface area contributed by atoms with Gasteiger partial charge in [-0.05, 0) is 31.9 Å². The van der Waals surface area contributed by atoms with Crippen molar-refractivity contribution in [3.63, 3.8) is 0 Å². The molecule has 2 aromatic heterocycles. The molecular weight excluding hydrogens is 350 g/mol. The molecule has 0 aromatic carbocycles. The number of likely N-dealkylation sites (tertiary alicyclic amines) is 1. The standard InChI is InChI=1S/C15H21N5O2S.ClH/c1-10-2-3-12(23-10)15(21)17-11-4-6-20(7-5-11)9-13-18-14(8-16)22-19-13;/h2-3,11H,4-9,16H2,1H3,(H,17,21);1H. The van der Waals surface area contributed by atoms with E-state index >= 15 is 0 Å². The third-order valence-corrected chi connectivity index (χ3v) is 4.94. The van der Waals surface area contributed by atoms with Crippen molar-refractivity contribution in [3.05, 3.63) is 33.6 Å². The summed E-state index contributed by atoms with van der Waals surface area (Å²) in [7, 11) is 0. The smallest absolute Gasteiger partial charge is 0.261 e. The highest BCUT2D eigenvalue weighted by Crippen LogP contribution is 2.17. The zero-order chi connectivity index (χ0) is 16.2. The van der Waals surface area contributed by atoms with Gasteiger partial charge in [0, 0.05) is 24.0 Å². The van der Waals surface area contributed by atoms with Crippen LogP contribution in [0.1, 0.15) is 39.1 Å². The van der Waals surface area contributed by atoms with E-state index < -0.39 is 0 Å². The van der Waals surface area contributed by atoms with Crippen LogP contribution < -0.4 is 11.1 Å². The maximum absolute atomic E-state index is 12.2. The van der Waals surface area contributed by atoms with E-state index in [1.54, 1.807) is 0 Å². The largest absolute Gasteiger partial charge is 0.349 e. The molecule has 1 saturated heterocycles. The third kappa shape index (κ3) is 4.76. The Morgan fingerprint density at radius 1 is 1.46 bits per heavy atom. The van der Waals surface area contributed by atoms with Crippen molar-refractivity contribution in [2.45, 2.75) is 38.9 Å². The number of hydrogen-bond acceptors (Lipinski definition) is 7. The molecule has 0 aliphatic carbocycles. The van der Waals surface area contributed by atoms with Crippen LogP contribution in [0, 0.1) is 6.92 Å². The van der Waals surface area contributed by atoms with Crippen LogP contribution in [0.5, 0.6) is 0 Å². The number of amides is 1. The molecule has 0 unspecified atom stereocenters. The van der Waals surface area contributed by atoms with Crippen molar-refractivity contribution in [3.8, 4) is 0 Å². The van der Waals surface area contributed by atoms with Crippen LogP contribution in [0.25, 0.3) is 0 Å². The summed E-state index contributed by atoms with van der Waals surface area (Å²) in [5.74, 6) is 1.17. The molecule has 3 heterocycles. The van der Waals surface area contributed by atoms with Crippen molar-refractivity contribution in [2.75, 3.05) is 13.1 Å². The fourth-order valence-corrected chi connectivity index (χ4v) is 3.46. The van der Waals surface area contributed by atoms with Crippen LogP contribution in [0.4, 0.5) is 0 Å². The lowest BCUT2D eigenvalue weighted by molar-refractivity contribution is 0.0912. The van der Waals surface area contributed by atoms with Gasteiger partial charge in [0.1, 0.15) is 0 Å². The number of halogens is 1. The van der Waals surface area contributed by atoms with Gasteiger partial charge in [-0.2, -0.15) is 4.98 Å². The number of carbonyl (C=O) groups is 1. The fourth-order valence-electron chi connectivity index (χ4n) is 2.69. The Hall–Kier alpha value is -1.48. The molecule has 3 rings (SSSR count). The third-order valence-electron chi connectivity index (χ3n) is 3.94. The van der Waals surface area contributed by atoms with Gasteiger partial charge in [0.05, 0.1) is 18.0 Å². The van der Waals surface area contributed by atoms with Gasteiger partial charge in [0.15, 0.2) is 5.82 Å². The number of aromatic nitrogens is 2. The minimum absolute atomic E-state index is 0. The van der Waals surface area contributed by atoms with E-state index in [1.165, 1.54) is 11.3 Å². The number of piperidine rings is 1. The lowest BCUT2D eigenvalue weighted by Crippen LogP contribution is -2.44. The highest BCUT2D eigenvalue weighted by molar-refractivity contribution is 7.13. The maximum Gasteiger partial charge on any atom is 0.261 e. The summed E-state index contributed by atoms with van der Waals surface area (Å²) in [5, 5.41) is 7.04. The van der Waals surface area contributed by atoms with E-state index in [0.717, 1.165) is 35.7 Å². The fraction of sp³-hybridized carbons (Fsp3) is 0.533. The summed E-state index contributed by atoms with van der Waals surface area (Å²) in [5.41, 5.74) is 5.46. The Labute approximate surface area is 151 Å². The van der Waals surface area contributed by atoms with E-state index in [9.17, 15) is 4.79 Å². The first-order chi connectivity index (χ1) is 11.1. The molecule has 0 saturated carbocycles. The molecule has 0 spiro atoms. The molecule has 0 radical (unpaired) electrons. The predicted molar refractivity (Wildman–Crippen MR) is 94.3 cm³/mol. The molecule has 3 N–H and O–H groups in total. The summed E-state index contributed by atoms with van der Waals surface area (Å²) in [6.07, 6.45) is 1.86. The predicted octanol–water partition coefficient (Wildman–Crippen LogP) is 1.71. The number of nitrogens with zero attached hydrogens (tertiary/aromatic N) is 3. The summed E-state index contributed by atoms with van der Waals surface area (Å²) in [6, 6.07) is 4.09. The van der Waals surface area contributed by atoms with Crippen LogP contribution in [0.15, 0.2) is 16.7 Å². The van der Waals surface area contributed by atoms with Crippen LogP contribution in [-0.2, 0) is 13.1 Å². The van der Waals surface area contributed by atoms with Crippen molar-refractivity contribution in [2.24, 2.45) is 5.73 Å². The number of carbonyl (C=O) groups excluding carboxylic acids is 1. The Morgan fingerprint density at radius 2 is 2.21 bits per heavy atom. The second-order valence-electron chi connectivity index (χ2n) is 5.74. The van der Waals surface area contributed by atoms with Crippen molar-refractivity contribution in [1.82, 2.24) is 20.4 Å². The summed E-state index contributed by atoms with van der Waals surface area (Å²) >= 11 is 1.53. The van der Waals surface area contributed by atoms with Crippen molar-refractivity contribution >= 4 is 29.7 Å². The first-order valence-electron chi connectivity index (χ1n) is 7.75. The van der Waals surface area contributed by atoms with Gasteiger partial charge >= 0.3 is 0 Å². The molecule has 0 atom stereocenters. The zero-order valence-corrected chi connectivity index (χ0v) is 15.2. The highest BCUT2D eigenvalue weighted by Gasteiger charge is 2.22. The summed E-state index contributed by atoms with van der Waals surface area (Å²) < 4.78 is 5.01. The normalized spacial score (nSPS) is 15.9. The topological polar surface area (TPSA) is 97.3 Å². The number of thiophene rings is 1. The number of hydrogen-bond donors (Lipinski definition) is 2. The molecule has 7 nitrogen and oxygen atoms in total. The number of rotatable bonds is 5. The molecule has 1 amide bonds. The maximum atomic E-state index is 12.2. The van der Waals surface area contributed by atoms with Crippen LogP contribution in [-0.4, -0.2) is 40.1 Å². The van der Waals surface area contributed by atoms with Crippen molar-refractivity contribution < 1.29 is 9.32 Å². The van der Waals surface area contributed by atoms with Gasteiger partial charge in [-0.1, -0.05) is 5.16 Å². The van der Waals surface area contributed by atoms with Gasteiger partial charge in [-0.25, -0.2) is 0 Å². The lowest BCUT2D eigenvalue weighted by Gasteiger charge is -2.31. The molecule has 9 heteroatoms. The molecule has 1 aliphatic heterocycles. The monoisotopic (exact) mass is 371 g/mol. The van der Waals surface area contributed by atoms with Crippen LogP contribution >= 0.6 is 23.7 Å². The van der Waals surface area contributed by atoms with Gasteiger partial charge in [0.2, 0.25) is 5.89 Å². The quantitative estimate of drug-likeness (QED) is 0.830. The Morgan fingerprint density at radius 3 is 2.79 bits per heavy atom. The van der Waals surface area contributed by atoms with E-state index in [2.05, 4.69) is 20.4 Å². The zero-order valence-electron chi connectivity index (χ0n) is 13.5. The summed E-state index contributed by atoms with van der Waals surface area (Å²) in [6.45, 7) is 4.74. The first kappa shape index (κ1) is 18.9. The molecular formula is C15H22ClN5O2S. The molecule has 2 aromatic rings. The van der Waals surface area contributed by atoms with E-state index in [-0.39, 0.29) is 30.9 Å². The Kier molecular flexibility index (Phi) is 6.73. The molecule has 24 heavy (non-hydrogen) atoms. The number of nitrogens with one attached hydrogen (secondary N) is 1. The van der Waals surface area contributed by atoms with Gasteiger partial charge in [-0.3, -0.25) is 9.69 Å².